The highest BCUT2D eigenvalue weighted by molar-refractivity contribution is 6.04. The molecule has 1 amide bonds. The molecule has 21 heavy (non-hydrogen) atoms. The summed E-state index contributed by atoms with van der Waals surface area (Å²) in [6, 6.07) is 14.4. The lowest BCUT2D eigenvalue weighted by molar-refractivity contribution is 0.102. The van der Waals surface area contributed by atoms with Gasteiger partial charge in [0.05, 0.1) is 18.2 Å². The summed E-state index contributed by atoms with van der Waals surface area (Å²) >= 11 is 0. The number of aromatic nitrogens is 2. The molecule has 0 aliphatic rings. The van der Waals surface area contributed by atoms with Gasteiger partial charge >= 0.3 is 0 Å². The molecule has 0 spiro atoms. The average molecular weight is 278 g/mol. The number of carbonyl (C=O) groups excluding carboxylic acids is 1. The summed E-state index contributed by atoms with van der Waals surface area (Å²) in [5, 5.41) is 2.84. The molecular weight excluding hydrogens is 264 g/mol. The largest absolute Gasteiger partial charge is 0.399 e. The van der Waals surface area contributed by atoms with E-state index in [-0.39, 0.29) is 5.91 Å². The number of nitrogen functional groups attached to an aromatic ring is 1. The Morgan fingerprint density at radius 2 is 1.76 bits per heavy atom. The lowest BCUT2D eigenvalue weighted by Crippen LogP contribution is -2.11. The zero-order valence-electron chi connectivity index (χ0n) is 11.2. The molecule has 0 atom stereocenters. The van der Waals surface area contributed by atoms with Crippen LogP contribution in [-0.2, 0) is 0 Å². The van der Waals surface area contributed by atoms with Gasteiger partial charge in [0.1, 0.15) is 0 Å². The number of hydrogen-bond acceptors (Lipinski definition) is 3. The standard InChI is InChI=1S/C16H14N4O/c17-13-5-1-12(2-6-13)16(21)20-14-7-3-11(4-8-14)15-9-18-10-19-15/h1-10H,17H2,(H,18,19)(H,20,21). The first kappa shape index (κ1) is 12.9. The number of carbonyl (C=O) groups is 1. The van der Waals surface area contributed by atoms with Crippen LogP contribution >= 0.6 is 0 Å². The van der Waals surface area contributed by atoms with E-state index in [9.17, 15) is 4.79 Å². The normalized spacial score (nSPS) is 10.3. The fourth-order valence-corrected chi connectivity index (χ4v) is 1.98. The van der Waals surface area contributed by atoms with Crippen LogP contribution in [0.15, 0.2) is 61.1 Å². The molecule has 5 heteroatoms. The van der Waals surface area contributed by atoms with Crippen molar-refractivity contribution in [3.8, 4) is 11.3 Å². The van der Waals surface area contributed by atoms with Crippen LogP contribution in [0, 0.1) is 0 Å². The van der Waals surface area contributed by atoms with E-state index < -0.39 is 0 Å². The smallest absolute Gasteiger partial charge is 0.255 e. The molecule has 2 aromatic carbocycles. The maximum atomic E-state index is 12.1. The number of amides is 1. The van der Waals surface area contributed by atoms with Gasteiger partial charge in [0, 0.05) is 16.9 Å². The maximum absolute atomic E-state index is 12.1. The van der Waals surface area contributed by atoms with E-state index in [4.69, 9.17) is 5.73 Å². The van der Waals surface area contributed by atoms with Crippen LogP contribution in [0.4, 0.5) is 11.4 Å². The van der Waals surface area contributed by atoms with Gasteiger partial charge in [0.25, 0.3) is 5.91 Å². The first-order chi connectivity index (χ1) is 10.2. The number of hydrogen-bond donors (Lipinski definition) is 3. The number of nitrogens with one attached hydrogen (secondary N) is 2. The predicted molar refractivity (Wildman–Crippen MR) is 82.8 cm³/mol. The lowest BCUT2D eigenvalue weighted by Gasteiger charge is -2.06. The molecule has 1 aromatic heterocycles. The Bertz CT molecular complexity index is 731. The van der Waals surface area contributed by atoms with Gasteiger partial charge in [-0.25, -0.2) is 4.98 Å². The lowest BCUT2D eigenvalue weighted by atomic mass is 10.1. The van der Waals surface area contributed by atoms with E-state index in [0.717, 1.165) is 16.9 Å². The molecule has 0 radical (unpaired) electrons. The summed E-state index contributed by atoms with van der Waals surface area (Å²) in [6.45, 7) is 0. The van der Waals surface area contributed by atoms with Crippen molar-refractivity contribution in [2.75, 3.05) is 11.1 Å². The van der Waals surface area contributed by atoms with Crippen LogP contribution in [0.5, 0.6) is 0 Å². The number of H-pyrrole nitrogens is 1. The molecule has 0 aliphatic heterocycles. The highest BCUT2D eigenvalue weighted by Gasteiger charge is 2.06. The van der Waals surface area contributed by atoms with Gasteiger partial charge in [-0.15, -0.1) is 0 Å². The Hall–Kier alpha value is -3.08. The highest BCUT2D eigenvalue weighted by Crippen LogP contribution is 2.19. The molecular formula is C16H14N4O. The Morgan fingerprint density at radius 1 is 1.05 bits per heavy atom. The van der Waals surface area contributed by atoms with Crippen LogP contribution in [0.2, 0.25) is 0 Å². The molecule has 0 saturated carbocycles. The van der Waals surface area contributed by atoms with E-state index in [1.807, 2.05) is 24.3 Å². The number of benzene rings is 2. The van der Waals surface area contributed by atoms with Crippen molar-refractivity contribution in [2.24, 2.45) is 0 Å². The quantitative estimate of drug-likeness (QED) is 0.644. The van der Waals surface area contributed by atoms with E-state index in [1.54, 1.807) is 36.8 Å². The highest BCUT2D eigenvalue weighted by atomic mass is 16.1. The fraction of sp³-hybridized carbons (Fsp3) is 0. The Balaban J connectivity index is 1.73. The molecule has 0 fully saturated rings. The zero-order chi connectivity index (χ0) is 14.7. The molecule has 0 bridgehead atoms. The van der Waals surface area contributed by atoms with E-state index >= 15 is 0 Å². The molecule has 0 unspecified atom stereocenters. The van der Waals surface area contributed by atoms with Crippen LogP contribution in [0.3, 0.4) is 0 Å². The van der Waals surface area contributed by atoms with Crippen molar-refractivity contribution < 1.29 is 4.79 Å². The third-order valence-corrected chi connectivity index (χ3v) is 3.12. The summed E-state index contributed by atoms with van der Waals surface area (Å²) in [6.07, 6.45) is 3.38. The molecule has 3 aromatic rings. The third kappa shape index (κ3) is 2.92. The van der Waals surface area contributed by atoms with Crippen molar-refractivity contribution in [2.45, 2.75) is 0 Å². The molecule has 4 N–H and O–H groups in total. The van der Waals surface area contributed by atoms with Crippen LogP contribution in [0.25, 0.3) is 11.3 Å². The first-order valence-corrected chi connectivity index (χ1v) is 6.48. The molecule has 0 aliphatic carbocycles. The SMILES string of the molecule is Nc1ccc(C(=O)Nc2ccc(-c3cnc[nH]3)cc2)cc1. The monoisotopic (exact) mass is 278 g/mol. The molecule has 0 saturated heterocycles. The Labute approximate surface area is 121 Å². The first-order valence-electron chi connectivity index (χ1n) is 6.48. The van der Waals surface area contributed by atoms with Crippen molar-refractivity contribution >= 4 is 17.3 Å². The molecule has 1 heterocycles. The van der Waals surface area contributed by atoms with Gasteiger partial charge in [0.15, 0.2) is 0 Å². The second-order valence-corrected chi connectivity index (χ2v) is 4.62. The minimum Gasteiger partial charge on any atom is -0.399 e. The maximum Gasteiger partial charge on any atom is 0.255 e. The Kier molecular flexibility index (Phi) is 3.39. The molecule has 3 rings (SSSR count). The summed E-state index contributed by atoms with van der Waals surface area (Å²) < 4.78 is 0. The van der Waals surface area contributed by atoms with Gasteiger partial charge in [-0.05, 0) is 42.0 Å². The van der Waals surface area contributed by atoms with Gasteiger partial charge in [0.2, 0.25) is 0 Å². The minimum absolute atomic E-state index is 0.163. The summed E-state index contributed by atoms with van der Waals surface area (Å²) in [5.41, 5.74) is 9.49. The van der Waals surface area contributed by atoms with Gasteiger partial charge in [-0.2, -0.15) is 0 Å². The van der Waals surface area contributed by atoms with Crippen molar-refractivity contribution in [1.82, 2.24) is 9.97 Å². The van der Waals surface area contributed by atoms with Gasteiger partial charge in [-0.3, -0.25) is 4.79 Å². The van der Waals surface area contributed by atoms with E-state index in [1.165, 1.54) is 0 Å². The molecule has 104 valence electrons. The number of anilines is 2. The van der Waals surface area contributed by atoms with Gasteiger partial charge in [-0.1, -0.05) is 12.1 Å². The predicted octanol–water partition coefficient (Wildman–Crippen LogP) is 2.91. The summed E-state index contributed by atoms with van der Waals surface area (Å²) in [5.74, 6) is -0.163. The fourth-order valence-electron chi connectivity index (χ4n) is 1.98. The zero-order valence-corrected chi connectivity index (χ0v) is 11.2. The van der Waals surface area contributed by atoms with Crippen LogP contribution < -0.4 is 11.1 Å². The van der Waals surface area contributed by atoms with E-state index in [2.05, 4.69) is 15.3 Å². The van der Waals surface area contributed by atoms with Crippen molar-refractivity contribution in [1.29, 1.82) is 0 Å². The third-order valence-electron chi connectivity index (χ3n) is 3.12. The average Bonchev–Trinajstić information content (AvgIpc) is 3.03. The van der Waals surface area contributed by atoms with Crippen molar-refractivity contribution in [3.05, 3.63) is 66.6 Å². The number of nitrogens with two attached hydrogens (primary N) is 1. The van der Waals surface area contributed by atoms with Gasteiger partial charge < -0.3 is 16.0 Å². The summed E-state index contributed by atoms with van der Waals surface area (Å²) in [7, 11) is 0. The van der Waals surface area contributed by atoms with Crippen LogP contribution in [0.1, 0.15) is 10.4 Å². The second-order valence-electron chi connectivity index (χ2n) is 4.62. The summed E-state index contributed by atoms with van der Waals surface area (Å²) in [4.78, 5) is 19.1. The Morgan fingerprint density at radius 3 is 2.38 bits per heavy atom. The number of imidazole rings is 1. The number of rotatable bonds is 3. The molecule has 5 nitrogen and oxygen atoms in total. The van der Waals surface area contributed by atoms with E-state index in [0.29, 0.717) is 11.3 Å². The topological polar surface area (TPSA) is 83.8 Å². The van der Waals surface area contributed by atoms with Crippen LogP contribution in [-0.4, -0.2) is 15.9 Å². The minimum atomic E-state index is -0.163. The number of nitrogens with zero attached hydrogens (tertiary/aromatic N) is 1. The van der Waals surface area contributed by atoms with Crippen molar-refractivity contribution in [3.63, 3.8) is 0 Å². The second kappa shape index (κ2) is 5.50. The number of aromatic amines is 1.